The van der Waals surface area contributed by atoms with E-state index in [9.17, 15) is 13.0 Å². The summed E-state index contributed by atoms with van der Waals surface area (Å²) in [6, 6.07) is 12.7. The Morgan fingerprint density at radius 2 is 1.82 bits per heavy atom. The third-order valence-corrected chi connectivity index (χ3v) is 14.7. The highest BCUT2D eigenvalue weighted by Gasteiger charge is 2.50. The molecule has 4 aromatic rings. The number of rotatable bonds is 9. The molecule has 8 nitrogen and oxygen atoms in total. The third kappa shape index (κ3) is 6.98. The van der Waals surface area contributed by atoms with Crippen molar-refractivity contribution in [2.45, 2.75) is 95.8 Å². The number of pyridine rings is 1. The number of aromatic nitrogens is 5. The zero-order chi connectivity index (χ0) is 32.1. The van der Waals surface area contributed by atoms with Gasteiger partial charge in [-0.1, -0.05) is 39.0 Å². The van der Waals surface area contributed by atoms with Gasteiger partial charge in [0, 0.05) is 30.0 Å². The number of alkyl halides is 2. The Labute approximate surface area is 261 Å². The first kappa shape index (κ1) is 32.5. The van der Waals surface area contributed by atoms with Crippen molar-refractivity contribution < 1.29 is 17.4 Å². The SMILES string of the molecule is CC(C)(C)[S@@](=O)N[C@H](c1cccc(-c2ccc3cnn(-c4nccc(CO[Si](C)(C)C(C)(C)C)n4)c3c2)n1)C1CC(F)(F)C1. The van der Waals surface area contributed by atoms with Crippen molar-refractivity contribution in [3.05, 3.63) is 66.2 Å². The van der Waals surface area contributed by atoms with Crippen molar-refractivity contribution >= 4 is 30.2 Å². The number of nitrogens with zero attached hydrogens (tertiary/aromatic N) is 5. The van der Waals surface area contributed by atoms with E-state index in [4.69, 9.17) is 14.4 Å². The molecule has 1 saturated carbocycles. The van der Waals surface area contributed by atoms with Gasteiger partial charge in [-0.2, -0.15) is 9.78 Å². The Balaban J connectivity index is 1.44. The van der Waals surface area contributed by atoms with Crippen LogP contribution in [0.3, 0.4) is 0 Å². The Kier molecular flexibility index (Phi) is 8.69. The first-order chi connectivity index (χ1) is 20.4. The normalized spacial score (nSPS) is 17.4. The molecule has 2 atom stereocenters. The zero-order valence-electron chi connectivity index (χ0n) is 26.7. The topological polar surface area (TPSA) is 94.8 Å². The smallest absolute Gasteiger partial charge is 0.251 e. The van der Waals surface area contributed by atoms with Crippen LogP contribution < -0.4 is 4.72 Å². The zero-order valence-corrected chi connectivity index (χ0v) is 28.5. The van der Waals surface area contributed by atoms with Gasteiger partial charge in [-0.05, 0) is 69.1 Å². The molecule has 1 aliphatic carbocycles. The Morgan fingerprint density at radius 3 is 2.48 bits per heavy atom. The van der Waals surface area contributed by atoms with Gasteiger partial charge in [-0.25, -0.2) is 27.7 Å². The molecule has 44 heavy (non-hydrogen) atoms. The maximum absolute atomic E-state index is 13.9. The van der Waals surface area contributed by atoms with Gasteiger partial charge >= 0.3 is 0 Å². The lowest BCUT2D eigenvalue weighted by Crippen LogP contribution is -2.46. The summed E-state index contributed by atoms with van der Waals surface area (Å²) >= 11 is 0. The highest BCUT2D eigenvalue weighted by molar-refractivity contribution is 7.84. The van der Waals surface area contributed by atoms with E-state index in [1.165, 1.54) is 0 Å². The maximum Gasteiger partial charge on any atom is 0.251 e. The summed E-state index contributed by atoms with van der Waals surface area (Å²) in [6.45, 7) is 17.0. The van der Waals surface area contributed by atoms with E-state index >= 15 is 0 Å². The van der Waals surface area contributed by atoms with Crippen LogP contribution in [0, 0.1) is 5.92 Å². The van der Waals surface area contributed by atoms with Crippen LogP contribution in [-0.2, 0) is 22.0 Å². The molecule has 0 spiro atoms. The fourth-order valence-electron chi connectivity index (χ4n) is 4.79. The van der Waals surface area contributed by atoms with Gasteiger partial charge in [-0.15, -0.1) is 0 Å². The molecule has 3 aromatic heterocycles. The summed E-state index contributed by atoms with van der Waals surface area (Å²) in [4.78, 5) is 14.1. The van der Waals surface area contributed by atoms with Crippen molar-refractivity contribution in [1.82, 2.24) is 29.5 Å². The number of halogens is 2. The lowest BCUT2D eigenvalue weighted by molar-refractivity contribution is -0.118. The van der Waals surface area contributed by atoms with Gasteiger partial charge in [0.25, 0.3) is 5.95 Å². The van der Waals surface area contributed by atoms with Gasteiger partial charge in [0.15, 0.2) is 8.32 Å². The van der Waals surface area contributed by atoms with Gasteiger partial charge in [-0.3, -0.25) is 4.98 Å². The van der Waals surface area contributed by atoms with Gasteiger partial charge in [0.2, 0.25) is 5.92 Å². The van der Waals surface area contributed by atoms with E-state index in [1.54, 1.807) is 17.1 Å². The predicted octanol–water partition coefficient (Wildman–Crippen LogP) is 7.54. The van der Waals surface area contributed by atoms with E-state index in [1.807, 2.05) is 63.2 Å². The van der Waals surface area contributed by atoms with Crippen LogP contribution in [0.4, 0.5) is 8.78 Å². The molecular weight excluding hydrogens is 599 g/mol. The number of benzene rings is 1. The summed E-state index contributed by atoms with van der Waals surface area (Å²) in [6.07, 6.45) is 2.96. The number of nitrogens with one attached hydrogen (secondary N) is 1. The number of hydrogen-bond acceptors (Lipinski definition) is 6. The van der Waals surface area contributed by atoms with Crippen LogP contribution in [0.2, 0.25) is 18.1 Å². The quantitative estimate of drug-likeness (QED) is 0.190. The molecule has 236 valence electrons. The van der Waals surface area contributed by atoms with Gasteiger partial charge in [0.05, 0.1) is 57.2 Å². The van der Waals surface area contributed by atoms with Crippen LogP contribution in [0.5, 0.6) is 0 Å². The molecule has 0 amide bonds. The van der Waals surface area contributed by atoms with Crippen molar-refractivity contribution in [2.24, 2.45) is 5.92 Å². The molecule has 3 heterocycles. The van der Waals surface area contributed by atoms with Crippen LogP contribution in [0.15, 0.2) is 54.9 Å². The highest BCUT2D eigenvalue weighted by Crippen LogP contribution is 2.48. The second kappa shape index (κ2) is 11.8. The highest BCUT2D eigenvalue weighted by atomic mass is 32.2. The van der Waals surface area contributed by atoms with E-state index in [0.717, 1.165) is 22.2 Å². The molecule has 1 fully saturated rings. The minimum Gasteiger partial charge on any atom is -0.411 e. The minimum absolute atomic E-state index is 0.0888. The van der Waals surface area contributed by atoms with Crippen molar-refractivity contribution in [3.8, 4) is 17.2 Å². The lowest BCUT2D eigenvalue weighted by atomic mass is 9.75. The summed E-state index contributed by atoms with van der Waals surface area (Å²) in [5.41, 5.74) is 3.68. The second-order valence-corrected chi connectivity index (χ2v) is 21.0. The number of fused-ring (bicyclic) bond motifs is 1. The molecule has 12 heteroatoms. The molecule has 0 bridgehead atoms. The van der Waals surface area contributed by atoms with E-state index in [-0.39, 0.29) is 23.8 Å². The first-order valence-electron chi connectivity index (χ1n) is 14.9. The second-order valence-electron chi connectivity index (χ2n) is 14.2. The third-order valence-electron chi connectivity index (χ3n) is 8.62. The Hall–Kier alpha value is -2.93. The molecular formula is C32H42F2N6O2SSi. The molecule has 1 aromatic carbocycles. The van der Waals surface area contributed by atoms with Crippen LogP contribution in [0.1, 0.15) is 71.8 Å². The molecule has 1 N–H and O–H groups in total. The molecule has 0 aliphatic heterocycles. The maximum atomic E-state index is 13.9. The standard InChI is InChI=1S/C32H42F2N6O2SSi/c1-30(2,3)43(41)39-28(23-17-32(33,34)18-23)26-11-9-10-25(38-26)21-12-13-22-19-36-40(27(22)16-21)29-35-15-14-24(37-29)20-42-44(7,8)31(4,5)6/h9-16,19,23,28,39H,17-18,20H2,1-8H3/t28-,43+/m0/s1. The van der Waals surface area contributed by atoms with Gasteiger partial charge < -0.3 is 4.43 Å². The summed E-state index contributed by atoms with van der Waals surface area (Å²) in [5.74, 6) is -2.63. The van der Waals surface area contributed by atoms with E-state index < -0.39 is 36.0 Å². The van der Waals surface area contributed by atoms with Crippen molar-refractivity contribution in [2.75, 3.05) is 0 Å². The fourth-order valence-corrected chi connectivity index (χ4v) is 6.63. The molecule has 0 saturated heterocycles. The summed E-state index contributed by atoms with van der Waals surface area (Å²) in [7, 11) is -3.40. The summed E-state index contributed by atoms with van der Waals surface area (Å²) in [5, 5.41) is 5.57. The average molecular weight is 641 g/mol. The minimum atomic E-state index is -2.70. The Morgan fingerprint density at radius 1 is 1.09 bits per heavy atom. The fraction of sp³-hybridized carbons (Fsp3) is 0.500. The summed E-state index contributed by atoms with van der Waals surface area (Å²) < 4.78 is 51.4. The number of hydrogen-bond donors (Lipinski definition) is 1. The largest absolute Gasteiger partial charge is 0.411 e. The van der Waals surface area contributed by atoms with Crippen LogP contribution in [0.25, 0.3) is 28.1 Å². The van der Waals surface area contributed by atoms with E-state index in [2.05, 4.69) is 48.7 Å². The molecule has 5 rings (SSSR count). The molecule has 1 aliphatic rings. The van der Waals surface area contributed by atoms with Crippen LogP contribution >= 0.6 is 0 Å². The monoisotopic (exact) mass is 640 g/mol. The Bertz CT molecular complexity index is 1670. The predicted molar refractivity (Wildman–Crippen MR) is 173 cm³/mol. The van der Waals surface area contributed by atoms with Crippen molar-refractivity contribution in [3.63, 3.8) is 0 Å². The van der Waals surface area contributed by atoms with Gasteiger partial charge in [0.1, 0.15) is 0 Å². The van der Waals surface area contributed by atoms with E-state index in [0.29, 0.717) is 23.9 Å². The van der Waals surface area contributed by atoms with Crippen molar-refractivity contribution in [1.29, 1.82) is 0 Å². The molecule has 0 unspecified atom stereocenters. The molecule has 0 radical (unpaired) electrons. The average Bonchev–Trinajstić information content (AvgIpc) is 3.36. The lowest BCUT2D eigenvalue weighted by Gasteiger charge is -2.40. The first-order valence-corrected chi connectivity index (χ1v) is 19.0. The van der Waals surface area contributed by atoms with Crippen LogP contribution in [-0.4, -0.2) is 47.9 Å².